The van der Waals surface area contributed by atoms with Gasteiger partial charge in [-0.3, -0.25) is 0 Å². The Labute approximate surface area is 62.0 Å². The molecule has 0 atom stereocenters. The minimum absolute atomic E-state index is 0.252. The molecule has 0 saturated heterocycles. The predicted octanol–water partition coefficient (Wildman–Crippen LogP) is 0.540. The molecule has 0 unspecified atom stereocenters. The summed E-state index contributed by atoms with van der Waals surface area (Å²) in [6.45, 7) is 3.31. The standard InChI is InChI=1S/C6H14O3S/c1-4-6(7,5-2)10(3,8)9/h7H,4-5H2,1-3H3. The Morgan fingerprint density at radius 1 is 1.30 bits per heavy atom. The summed E-state index contributed by atoms with van der Waals surface area (Å²) in [6.07, 6.45) is 1.56. The molecule has 0 aromatic carbocycles. The molecular weight excluding hydrogens is 152 g/mol. The Bertz CT molecular complexity index is 189. The van der Waals surface area contributed by atoms with E-state index in [1.165, 1.54) is 0 Å². The molecule has 0 amide bonds. The van der Waals surface area contributed by atoms with E-state index in [4.69, 9.17) is 0 Å². The van der Waals surface area contributed by atoms with Crippen molar-refractivity contribution < 1.29 is 13.5 Å². The normalized spacial score (nSPS) is 13.6. The first-order valence-corrected chi connectivity index (χ1v) is 5.18. The second-order valence-corrected chi connectivity index (χ2v) is 4.73. The number of hydrogen-bond acceptors (Lipinski definition) is 3. The Morgan fingerprint density at radius 3 is 1.60 bits per heavy atom. The molecule has 4 heteroatoms. The first-order chi connectivity index (χ1) is 4.37. The highest BCUT2D eigenvalue weighted by Gasteiger charge is 2.33. The molecule has 0 radical (unpaired) electrons. The van der Waals surface area contributed by atoms with Crippen LogP contribution in [0.15, 0.2) is 0 Å². The zero-order chi connectivity index (χ0) is 8.41. The lowest BCUT2D eigenvalue weighted by Crippen LogP contribution is -2.36. The van der Waals surface area contributed by atoms with Crippen LogP contribution in [0.3, 0.4) is 0 Å². The molecule has 3 nitrogen and oxygen atoms in total. The van der Waals surface area contributed by atoms with Gasteiger partial charge >= 0.3 is 0 Å². The molecule has 0 aromatic rings. The molecular formula is C6H14O3S. The molecule has 0 fully saturated rings. The molecule has 0 aliphatic carbocycles. The fourth-order valence-corrected chi connectivity index (χ4v) is 1.82. The van der Waals surface area contributed by atoms with Crippen molar-refractivity contribution in [1.29, 1.82) is 0 Å². The van der Waals surface area contributed by atoms with Gasteiger partial charge in [0.2, 0.25) is 0 Å². The summed E-state index contributed by atoms with van der Waals surface area (Å²) in [7, 11) is -3.31. The van der Waals surface area contributed by atoms with Gasteiger partial charge in [-0.15, -0.1) is 0 Å². The molecule has 0 heterocycles. The Kier molecular flexibility index (Phi) is 2.86. The molecule has 62 valence electrons. The van der Waals surface area contributed by atoms with E-state index in [1.807, 2.05) is 0 Å². The van der Waals surface area contributed by atoms with Crippen molar-refractivity contribution in [3.63, 3.8) is 0 Å². The van der Waals surface area contributed by atoms with Gasteiger partial charge in [-0.2, -0.15) is 0 Å². The topological polar surface area (TPSA) is 54.4 Å². The summed E-state index contributed by atoms with van der Waals surface area (Å²) in [6, 6.07) is 0. The molecule has 10 heavy (non-hydrogen) atoms. The van der Waals surface area contributed by atoms with Crippen LogP contribution in [-0.4, -0.2) is 24.7 Å². The Hall–Kier alpha value is -0.0900. The SMILES string of the molecule is CCC(O)(CC)S(C)(=O)=O. The van der Waals surface area contributed by atoms with E-state index in [0.29, 0.717) is 0 Å². The molecule has 0 aromatic heterocycles. The summed E-state index contributed by atoms with van der Waals surface area (Å²) in [5.74, 6) is 0. The average molecular weight is 166 g/mol. The second-order valence-electron chi connectivity index (χ2n) is 2.43. The van der Waals surface area contributed by atoms with Crippen molar-refractivity contribution in [2.24, 2.45) is 0 Å². The lowest BCUT2D eigenvalue weighted by Gasteiger charge is -2.22. The van der Waals surface area contributed by atoms with Gasteiger partial charge in [0.1, 0.15) is 0 Å². The molecule has 1 N–H and O–H groups in total. The van der Waals surface area contributed by atoms with Crippen LogP contribution in [-0.2, 0) is 9.84 Å². The second kappa shape index (κ2) is 2.88. The Morgan fingerprint density at radius 2 is 1.60 bits per heavy atom. The van der Waals surface area contributed by atoms with E-state index in [1.54, 1.807) is 13.8 Å². The Balaban J connectivity index is 4.68. The first-order valence-electron chi connectivity index (χ1n) is 3.29. The molecule has 0 bridgehead atoms. The van der Waals surface area contributed by atoms with E-state index in [2.05, 4.69) is 0 Å². The summed E-state index contributed by atoms with van der Waals surface area (Å²) >= 11 is 0. The maximum atomic E-state index is 10.9. The van der Waals surface area contributed by atoms with Crippen molar-refractivity contribution in [3.05, 3.63) is 0 Å². The van der Waals surface area contributed by atoms with Gasteiger partial charge in [0.05, 0.1) is 0 Å². The van der Waals surface area contributed by atoms with Gasteiger partial charge in [-0.05, 0) is 12.8 Å². The van der Waals surface area contributed by atoms with Crippen LogP contribution in [0, 0.1) is 0 Å². The third-order valence-electron chi connectivity index (χ3n) is 1.80. The van der Waals surface area contributed by atoms with Crippen molar-refractivity contribution in [3.8, 4) is 0 Å². The molecule has 0 rings (SSSR count). The fourth-order valence-electron chi connectivity index (χ4n) is 0.774. The molecule has 0 saturated carbocycles. The maximum Gasteiger partial charge on any atom is 0.176 e. The number of aliphatic hydroxyl groups is 1. The zero-order valence-corrected chi connectivity index (χ0v) is 7.40. The minimum Gasteiger partial charge on any atom is -0.374 e. The van der Waals surface area contributed by atoms with E-state index in [0.717, 1.165) is 6.26 Å². The zero-order valence-electron chi connectivity index (χ0n) is 6.59. The molecule has 0 aliphatic rings. The summed E-state index contributed by atoms with van der Waals surface area (Å²) in [4.78, 5) is -1.51. The van der Waals surface area contributed by atoms with E-state index >= 15 is 0 Å². The van der Waals surface area contributed by atoms with Crippen molar-refractivity contribution in [2.45, 2.75) is 31.6 Å². The fraction of sp³-hybridized carbons (Fsp3) is 1.00. The average Bonchev–Trinajstić information content (AvgIpc) is 1.84. The number of hydrogen-bond donors (Lipinski definition) is 1. The van der Waals surface area contributed by atoms with Crippen LogP contribution >= 0.6 is 0 Å². The van der Waals surface area contributed by atoms with Crippen molar-refractivity contribution in [2.75, 3.05) is 6.26 Å². The summed E-state index contributed by atoms with van der Waals surface area (Å²) < 4.78 is 21.7. The van der Waals surface area contributed by atoms with Crippen molar-refractivity contribution >= 4 is 9.84 Å². The first kappa shape index (κ1) is 9.91. The van der Waals surface area contributed by atoms with Gasteiger partial charge in [0.15, 0.2) is 14.8 Å². The van der Waals surface area contributed by atoms with E-state index in [9.17, 15) is 13.5 Å². The lowest BCUT2D eigenvalue weighted by atomic mass is 10.2. The molecule has 0 aliphatic heterocycles. The maximum absolute atomic E-state index is 10.9. The van der Waals surface area contributed by atoms with Gasteiger partial charge in [0, 0.05) is 6.26 Å². The quantitative estimate of drug-likeness (QED) is 0.665. The predicted molar refractivity (Wildman–Crippen MR) is 40.4 cm³/mol. The highest BCUT2D eigenvalue weighted by atomic mass is 32.2. The van der Waals surface area contributed by atoms with Crippen LogP contribution in [0.4, 0.5) is 0 Å². The van der Waals surface area contributed by atoms with E-state index in [-0.39, 0.29) is 12.8 Å². The number of rotatable bonds is 3. The van der Waals surface area contributed by atoms with Crippen molar-refractivity contribution in [1.82, 2.24) is 0 Å². The highest BCUT2D eigenvalue weighted by molar-refractivity contribution is 7.91. The van der Waals surface area contributed by atoms with Crippen LogP contribution in [0.2, 0.25) is 0 Å². The number of sulfone groups is 1. The third-order valence-corrected chi connectivity index (χ3v) is 3.75. The highest BCUT2D eigenvalue weighted by Crippen LogP contribution is 2.20. The van der Waals surface area contributed by atoms with Crippen LogP contribution in [0.25, 0.3) is 0 Å². The summed E-state index contributed by atoms with van der Waals surface area (Å²) in [5, 5.41) is 9.38. The third kappa shape index (κ3) is 1.70. The minimum atomic E-state index is -3.31. The largest absolute Gasteiger partial charge is 0.374 e. The van der Waals surface area contributed by atoms with E-state index < -0.39 is 14.8 Å². The monoisotopic (exact) mass is 166 g/mol. The summed E-state index contributed by atoms with van der Waals surface area (Å²) in [5.41, 5.74) is 0. The van der Waals surface area contributed by atoms with Gasteiger partial charge in [0.25, 0.3) is 0 Å². The van der Waals surface area contributed by atoms with Crippen LogP contribution < -0.4 is 0 Å². The molecule has 0 spiro atoms. The van der Waals surface area contributed by atoms with Gasteiger partial charge in [-0.1, -0.05) is 13.8 Å². The van der Waals surface area contributed by atoms with Crippen LogP contribution in [0.1, 0.15) is 26.7 Å². The van der Waals surface area contributed by atoms with Gasteiger partial charge in [-0.25, -0.2) is 8.42 Å². The van der Waals surface area contributed by atoms with Crippen LogP contribution in [0.5, 0.6) is 0 Å². The smallest absolute Gasteiger partial charge is 0.176 e. The van der Waals surface area contributed by atoms with Gasteiger partial charge < -0.3 is 5.11 Å². The lowest BCUT2D eigenvalue weighted by molar-refractivity contribution is 0.117.